The lowest BCUT2D eigenvalue weighted by Gasteiger charge is -2.17. The predicted octanol–water partition coefficient (Wildman–Crippen LogP) is 2.48. The molecule has 1 aliphatic rings. The molecule has 3 amide bonds. The number of nitro benzene ring substituents is 1. The van der Waals surface area contributed by atoms with E-state index in [1.165, 1.54) is 25.1 Å². The molecule has 0 spiro atoms. The van der Waals surface area contributed by atoms with Crippen molar-refractivity contribution >= 4 is 34.8 Å². The molecule has 2 aromatic carbocycles. The van der Waals surface area contributed by atoms with Crippen LogP contribution in [0.1, 0.15) is 30.1 Å². The minimum atomic E-state index is -0.860. The molecule has 1 saturated heterocycles. The Kier molecular flexibility index (Phi) is 5.87. The van der Waals surface area contributed by atoms with Crippen LogP contribution in [0.25, 0.3) is 0 Å². The van der Waals surface area contributed by atoms with Gasteiger partial charge in [-0.3, -0.25) is 24.5 Å². The molecule has 0 bridgehead atoms. The van der Waals surface area contributed by atoms with Crippen molar-refractivity contribution in [2.75, 3.05) is 16.8 Å². The summed E-state index contributed by atoms with van der Waals surface area (Å²) in [4.78, 5) is 48.3. The molecule has 1 aliphatic heterocycles. The fourth-order valence-corrected chi connectivity index (χ4v) is 3.00. The van der Waals surface area contributed by atoms with Crippen molar-refractivity contribution < 1.29 is 19.3 Å². The van der Waals surface area contributed by atoms with E-state index >= 15 is 0 Å². The number of nitrogens with zero attached hydrogens (tertiary/aromatic N) is 2. The van der Waals surface area contributed by atoms with Gasteiger partial charge in [-0.15, -0.1) is 0 Å². The zero-order chi connectivity index (χ0) is 21.0. The molecule has 0 aliphatic carbocycles. The molecule has 1 fully saturated rings. The van der Waals surface area contributed by atoms with E-state index in [1.807, 2.05) is 0 Å². The first-order valence-corrected chi connectivity index (χ1v) is 9.12. The Balaban J connectivity index is 1.59. The van der Waals surface area contributed by atoms with Crippen LogP contribution in [-0.2, 0) is 9.59 Å². The molecule has 0 saturated carbocycles. The lowest BCUT2D eigenvalue weighted by molar-refractivity contribution is -0.384. The zero-order valence-electron chi connectivity index (χ0n) is 15.8. The third-order valence-corrected chi connectivity index (χ3v) is 4.58. The number of hydrogen-bond donors (Lipinski definition) is 2. The van der Waals surface area contributed by atoms with E-state index in [9.17, 15) is 24.5 Å². The molecule has 9 nitrogen and oxygen atoms in total. The number of anilines is 2. The van der Waals surface area contributed by atoms with Gasteiger partial charge < -0.3 is 15.5 Å². The molecule has 1 heterocycles. The van der Waals surface area contributed by atoms with Crippen molar-refractivity contribution in [3.8, 4) is 0 Å². The quantitative estimate of drug-likeness (QED) is 0.574. The molecule has 0 unspecified atom stereocenters. The Morgan fingerprint density at radius 1 is 1.17 bits per heavy atom. The van der Waals surface area contributed by atoms with Gasteiger partial charge in [-0.05, 0) is 43.7 Å². The summed E-state index contributed by atoms with van der Waals surface area (Å²) in [6.07, 6.45) is 1.37. The summed E-state index contributed by atoms with van der Waals surface area (Å²) in [7, 11) is 0. The number of rotatable bonds is 6. The highest BCUT2D eigenvalue weighted by Crippen LogP contribution is 2.23. The summed E-state index contributed by atoms with van der Waals surface area (Å²) >= 11 is 0. The second kappa shape index (κ2) is 8.51. The van der Waals surface area contributed by atoms with E-state index in [0.29, 0.717) is 18.7 Å². The monoisotopic (exact) mass is 396 g/mol. The van der Waals surface area contributed by atoms with E-state index in [-0.39, 0.29) is 17.2 Å². The number of carbonyl (C=O) groups is 3. The average molecular weight is 396 g/mol. The standard InChI is InChI=1S/C20H20N4O5/c1-13(21-20(27)14-4-2-5-17(12-14)24(28)29)19(26)22-15-7-9-16(10-8-15)23-11-3-6-18(23)25/h2,4-5,7-10,12-13H,3,6,11H2,1H3,(H,21,27)(H,22,26)/t13-/m1/s1. The second-order valence-corrected chi connectivity index (χ2v) is 6.69. The second-order valence-electron chi connectivity index (χ2n) is 6.69. The first-order chi connectivity index (χ1) is 13.8. The van der Waals surface area contributed by atoms with Gasteiger partial charge in [-0.25, -0.2) is 0 Å². The highest BCUT2D eigenvalue weighted by Gasteiger charge is 2.22. The molecule has 2 aromatic rings. The largest absolute Gasteiger partial charge is 0.341 e. The number of nitro groups is 1. The van der Waals surface area contributed by atoms with Crippen molar-refractivity contribution in [3.63, 3.8) is 0 Å². The SMILES string of the molecule is C[C@@H](NC(=O)c1cccc([N+](=O)[O-])c1)C(=O)Nc1ccc(N2CCCC2=O)cc1. The molecule has 1 atom stereocenters. The third-order valence-electron chi connectivity index (χ3n) is 4.58. The van der Waals surface area contributed by atoms with Gasteiger partial charge in [0.25, 0.3) is 11.6 Å². The van der Waals surface area contributed by atoms with E-state index in [4.69, 9.17) is 0 Å². The van der Waals surface area contributed by atoms with Crippen LogP contribution in [0.15, 0.2) is 48.5 Å². The Morgan fingerprint density at radius 3 is 2.52 bits per heavy atom. The molecular formula is C20H20N4O5. The minimum absolute atomic E-state index is 0.0827. The van der Waals surface area contributed by atoms with Gasteiger partial charge in [0, 0.05) is 42.0 Å². The van der Waals surface area contributed by atoms with E-state index in [1.54, 1.807) is 29.2 Å². The number of nitrogens with one attached hydrogen (secondary N) is 2. The zero-order valence-corrected chi connectivity index (χ0v) is 15.8. The summed E-state index contributed by atoms with van der Waals surface area (Å²) in [6, 6.07) is 11.3. The fourth-order valence-electron chi connectivity index (χ4n) is 3.00. The number of benzene rings is 2. The Morgan fingerprint density at radius 2 is 1.90 bits per heavy atom. The average Bonchev–Trinajstić information content (AvgIpc) is 3.14. The predicted molar refractivity (Wildman–Crippen MR) is 107 cm³/mol. The number of hydrogen-bond acceptors (Lipinski definition) is 5. The van der Waals surface area contributed by atoms with Gasteiger partial charge in [0.15, 0.2) is 0 Å². The van der Waals surface area contributed by atoms with Crippen LogP contribution >= 0.6 is 0 Å². The van der Waals surface area contributed by atoms with Gasteiger partial charge >= 0.3 is 0 Å². The van der Waals surface area contributed by atoms with Gasteiger partial charge in [0.1, 0.15) is 6.04 Å². The van der Waals surface area contributed by atoms with Gasteiger partial charge in [0.05, 0.1) is 4.92 Å². The van der Waals surface area contributed by atoms with Crippen LogP contribution in [0.2, 0.25) is 0 Å². The topological polar surface area (TPSA) is 122 Å². The summed E-state index contributed by atoms with van der Waals surface area (Å²) in [5, 5.41) is 16.0. The molecule has 2 N–H and O–H groups in total. The Labute approximate surface area is 166 Å². The molecule has 29 heavy (non-hydrogen) atoms. The smallest absolute Gasteiger partial charge is 0.270 e. The first kappa shape index (κ1) is 20.0. The number of amides is 3. The summed E-state index contributed by atoms with van der Waals surface area (Å²) in [6.45, 7) is 2.20. The van der Waals surface area contributed by atoms with Gasteiger partial charge in [-0.2, -0.15) is 0 Å². The van der Waals surface area contributed by atoms with Crippen LogP contribution in [0, 0.1) is 10.1 Å². The molecule has 3 rings (SSSR count). The summed E-state index contributed by atoms with van der Waals surface area (Å²) < 4.78 is 0. The lowest BCUT2D eigenvalue weighted by atomic mass is 10.1. The number of carbonyl (C=O) groups excluding carboxylic acids is 3. The van der Waals surface area contributed by atoms with E-state index in [2.05, 4.69) is 10.6 Å². The maximum atomic E-state index is 12.3. The fraction of sp³-hybridized carbons (Fsp3) is 0.250. The maximum absolute atomic E-state index is 12.3. The van der Waals surface area contributed by atoms with Crippen LogP contribution in [0.3, 0.4) is 0 Å². The number of non-ortho nitro benzene ring substituents is 1. The minimum Gasteiger partial charge on any atom is -0.341 e. The van der Waals surface area contributed by atoms with Crippen molar-refractivity contribution in [2.24, 2.45) is 0 Å². The van der Waals surface area contributed by atoms with E-state index < -0.39 is 22.8 Å². The van der Waals surface area contributed by atoms with Crippen molar-refractivity contribution in [2.45, 2.75) is 25.8 Å². The normalized spacial score (nSPS) is 14.4. The highest BCUT2D eigenvalue weighted by atomic mass is 16.6. The molecule has 0 radical (unpaired) electrons. The molecule has 9 heteroatoms. The van der Waals surface area contributed by atoms with Crippen LogP contribution < -0.4 is 15.5 Å². The van der Waals surface area contributed by atoms with E-state index in [0.717, 1.165) is 18.2 Å². The maximum Gasteiger partial charge on any atom is 0.270 e. The van der Waals surface area contributed by atoms with Gasteiger partial charge in [0.2, 0.25) is 11.8 Å². The highest BCUT2D eigenvalue weighted by molar-refractivity contribution is 6.01. The summed E-state index contributed by atoms with van der Waals surface area (Å²) in [5.41, 5.74) is 1.20. The lowest BCUT2D eigenvalue weighted by Crippen LogP contribution is -2.41. The van der Waals surface area contributed by atoms with Crippen LogP contribution in [0.5, 0.6) is 0 Å². The van der Waals surface area contributed by atoms with Crippen molar-refractivity contribution in [3.05, 3.63) is 64.2 Å². The molecule has 150 valence electrons. The molecule has 0 aromatic heterocycles. The molecular weight excluding hydrogens is 376 g/mol. The third kappa shape index (κ3) is 4.75. The Hall–Kier alpha value is -3.75. The van der Waals surface area contributed by atoms with Crippen LogP contribution in [0.4, 0.5) is 17.1 Å². The summed E-state index contributed by atoms with van der Waals surface area (Å²) in [5.74, 6) is -0.938. The van der Waals surface area contributed by atoms with Crippen LogP contribution in [-0.4, -0.2) is 35.2 Å². The van der Waals surface area contributed by atoms with Crippen molar-refractivity contribution in [1.82, 2.24) is 5.32 Å². The van der Waals surface area contributed by atoms with Crippen molar-refractivity contribution in [1.29, 1.82) is 0 Å². The first-order valence-electron chi connectivity index (χ1n) is 9.12. The van der Waals surface area contributed by atoms with Gasteiger partial charge in [-0.1, -0.05) is 6.07 Å². The Bertz CT molecular complexity index is 958.